The predicted molar refractivity (Wildman–Crippen MR) is 241 cm³/mol. The number of nitrogens with zero attached hydrogens (tertiary/aromatic N) is 1. The van der Waals surface area contributed by atoms with E-state index in [0.717, 1.165) is 45.3 Å². The summed E-state index contributed by atoms with van der Waals surface area (Å²) in [7, 11) is 0. The molecule has 0 unspecified atom stereocenters. The molecule has 4 aliphatic rings. The van der Waals surface area contributed by atoms with Crippen molar-refractivity contribution >= 4 is 63.3 Å². The summed E-state index contributed by atoms with van der Waals surface area (Å²) in [5.74, 6) is 3.59. The Morgan fingerprint density at radius 2 is 0.877 bits per heavy atom. The molecule has 0 aliphatic carbocycles. The van der Waals surface area contributed by atoms with E-state index in [2.05, 4.69) is 188 Å². The van der Waals surface area contributed by atoms with Crippen LogP contribution >= 0.6 is 0 Å². The lowest BCUT2D eigenvalue weighted by atomic mass is 9.29. The van der Waals surface area contributed by atoms with Crippen molar-refractivity contribution in [2.75, 3.05) is 4.90 Å². The average Bonchev–Trinajstić information content (AvgIpc) is 3.19. The molecule has 7 aromatic rings. The molecule has 0 saturated carbocycles. The van der Waals surface area contributed by atoms with Gasteiger partial charge in [-0.15, -0.1) is 0 Å². The maximum absolute atomic E-state index is 7.36. The molecule has 7 aromatic carbocycles. The number of rotatable bonds is 2. The Labute approximate surface area is 337 Å². The van der Waals surface area contributed by atoms with Crippen LogP contribution in [0, 0.1) is 13.8 Å². The molecule has 0 aromatic heterocycles. The van der Waals surface area contributed by atoms with E-state index in [-0.39, 0.29) is 24.3 Å². The van der Waals surface area contributed by atoms with E-state index in [1.807, 2.05) is 0 Å². The van der Waals surface area contributed by atoms with Crippen molar-refractivity contribution in [3.8, 4) is 45.3 Å². The van der Waals surface area contributed by atoms with E-state index >= 15 is 0 Å². The van der Waals surface area contributed by atoms with Gasteiger partial charge in [0.05, 0.1) is 0 Å². The molecule has 0 atom stereocenters. The second-order valence-electron chi connectivity index (χ2n) is 18.7. The van der Waals surface area contributed by atoms with Crippen molar-refractivity contribution in [3.63, 3.8) is 0 Å². The van der Waals surface area contributed by atoms with Crippen LogP contribution in [0.15, 0.2) is 127 Å². The lowest BCUT2D eigenvalue weighted by Crippen LogP contribution is -2.67. The number of aryl methyl sites for hydroxylation is 2. The zero-order valence-electron chi connectivity index (χ0n) is 34.0. The van der Waals surface area contributed by atoms with E-state index in [1.165, 1.54) is 72.1 Å². The molecular formula is C52H45B2NO2. The van der Waals surface area contributed by atoms with E-state index in [9.17, 15) is 0 Å². The van der Waals surface area contributed by atoms with Gasteiger partial charge in [0, 0.05) is 34.3 Å². The molecular weight excluding hydrogens is 692 g/mol. The molecule has 57 heavy (non-hydrogen) atoms. The van der Waals surface area contributed by atoms with E-state index < -0.39 is 0 Å². The first-order valence-corrected chi connectivity index (χ1v) is 20.4. The molecule has 0 spiro atoms. The zero-order chi connectivity index (χ0) is 39.1. The van der Waals surface area contributed by atoms with Gasteiger partial charge in [-0.1, -0.05) is 150 Å². The van der Waals surface area contributed by atoms with Crippen LogP contribution in [0.25, 0.3) is 22.3 Å². The third-order valence-electron chi connectivity index (χ3n) is 12.8. The first kappa shape index (κ1) is 34.3. The summed E-state index contributed by atoms with van der Waals surface area (Å²) in [5, 5.41) is 0. The van der Waals surface area contributed by atoms with Crippen LogP contribution in [0.3, 0.4) is 0 Å². The maximum Gasteiger partial charge on any atom is 0.256 e. The van der Waals surface area contributed by atoms with Crippen LogP contribution in [-0.2, 0) is 10.8 Å². The Morgan fingerprint density at radius 1 is 0.456 bits per heavy atom. The van der Waals surface area contributed by atoms with Gasteiger partial charge in [0.15, 0.2) is 0 Å². The SMILES string of the molecule is Cc1ccc2c(c1)B1c3cc(C(C)(C)C)cc(-c4ccccc4)c3Oc3cc4c5c(c31)N2c1ccc(C)cc1B5c1cc(C(C)(C)C)cc(-c2ccccc2)c1O4. The normalized spacial score (nSPS) is 14.1. The topological polar surface area (TPSA) is 21.7 Å². The van der Waals surface area contributed by atoms with E-state index in [0.29, 0.717) is 0 Å². The Kier molecular flexibility index (Phi) is 7.11. The largest absolute Gasteiger partial charge is 0.458 e. The van der Waals surface area contributed by atoms with E-state index in [4.69, 9.17) is 9.47 Å². The molecule has 4 aliphatic heterocycles. The molecule has 0 N–H and O–H groups in total. The quantitative estimate of drug-likeness (QED) is 0.165. The molecule has 5 heteroatoms. The lowest BCUT2D eigenvalue weighted by molar-refractivity contribution is 0.466. The van der Waals surface area contributed by atoms with Crippen molar-refractivity contribution in [3.05, 3.63) is 150 Å². The zero-order valence-corrected chi connectivity index (χ0v) is 34.0. The number of anilines is 3. The van der Waals surface area contributed by atoms with E-state index in [1.54, 1.807) is 0 Å². The first-order chi connectivity index (χ1) is 27.3. The Morgan fingerprint density at radius 3 is 1.28 bits per heavy atom. The lowest BCUT2D eigenvalue weighted by Gasteiger charge is -2.47. The molecule has 0 bridgehead atoms. The summed E-state index contributed by atoms with van der Waals surface area (Å²) in [6.45, 7) is 18.3. The van der Waals surface area contributed by atoms with Crippen molar-refractivity contribution in [2.45, 2.75) is 66.2 Å². The first-order valence-electron chi connectivity index (χ1n) is 20.4. The highest BCUT2D eigenvalue weighted by Crippen LogP contribution is 2.49. The molecule has 11 rings (SSSR count). The Balaban J connectivity index is 1.27. The molecule has 4 heterocycles. The summed E-state index contributed by atoms with van der Waals surface area (Å²) >= 11 is 0. The van der Waals surface area contributed by atoms with Crippen LogP contribution in [0.2, 0.25) is 0 Å². The molecule has 276 valence electrons. The van der Waals surface area contributed by atoms with Gasteiger partial charge >= 0.3 is 0 Å². The number of ether oxygens (including phenoxy) is 2. The molecule has 0 radical (unpaired) electrons. The van der Waals surface area contributed by atoms with Crippen molar-refractivity contribution in [1.29, 1.82) is 0 Å². The van der Waals surface area contributed by atoms with Gasteiger partial charge in [-0.25, -0.2) is 0 Å². The van der Waals surface area contributed by atoms with Crippen LogP contribution in [0.5, 0.6) is 23.0 Å². The summed E-state index contributed by atoms with van der Waals surface area (Å²) in [5.41, 5.74) is 20.7. The molecule has 0 fully saturated rings. The van der Waals surface area contributed by atoms with Gasteiger partial charge < -0.3 is 14.4 Å². The van der Waals surface area contributed by atoms with Crippen LogP contribution < -0.4 is 47.2 Å². The second kappa shape index (κ2) is 11.8. The van der Waals surface area contributed by atoms with Gasteiger partial charge in [0.2, 0.25) is 0 Å². The summed E-state index contributed by atoms with van der Waals surface area (Å²) < 4.78 is 14.7. The minimum atomic E-state index is -0.0697. The minimum absolute atomic E-state index is 0.0326. The van der Waals surface area contributed by atoms with Crippen molar-refractivity contribution < 1.29 is 9.47 Å². The fourth-order valence-corrected chi connectivity index (χ4v) is 9.88. The Hall–Kier alpha value is -5.93. The van der Waals surface area contributed by atoms with Gasteiger partial charge in [-0.2, -0.15) is 0 Å². The van der Waals surface area contributed by atoms with Crippen molar-refractivity contribution in [2.24, 2.45) is 0 Å². The summed E-state index contributed by atoms with van der Waals surface area (Å²) in [6, 6.07) is 47.4. The van der Waals surface area contributed by atoms with Gasteiger partial charge in [0.25, 0.3) is 13.4 Å². The van der Waals surface area contributed by atoms with Crippen molar-refractivity contribution in [1.82, 2.24) is 0 Å². The van der Waals surface area contributed by atoms with Crippen LogP contribution in [-0.4, -0.2) is 13.4 Å². The van der Waals surface area contributed by atoms with Gasteiger partial charge in [-0.3, -0.25) is 0 Å². The summed E-state index contributed by atoms with van der Waals surface area (Å²) in [6.07, 6.45) is 0. The number of fused-ring (bicyclic) bond motifs is 10. The third kappa shape index (κ3) is 5.00. The fraction of sp³-hybridized carbons (Fsp3) is 0.192. The monoisotopic (exact) mass is 737 g/mol. The van der Waals surface area contributed by atoms with Crippen LogP contribution in [0.1, 0.15) is 63.8 Å². The highest BCUT2D eigenvalue weighted by molar-refractivity contribution is 7.03. The van der Waals surface area contributed by atoms with Crippen LogP contribution in [0.4, 0.5) is 17.1 Å². The molecule has 0 saturated heterocycles. The number of hydrogen-bond donors (Lipinski definition) is 0. The smallest absolute Gasteiger partial charge is 0.256 e. The number of hydrogen-bond acceptors (Lipinski definition) is 3. The highest BCUT2D eigenvalue weighted by atomic mass is 16.5. The average molecular weight is 738 g/mol. The van der Waals surface area contributed by atoms with Gasteiger partial charge in [0.1, 0.15) is 23.0 Å². The van der Waals surface area contributed by atoms with Gasteiger partial charge in [-0.05, 0) is 104 Å². The fourth-order valence-electron chi connectivity index (χ4n) is 9.88. The maximum atomic E-state index is 7.36. The second-order valence-corrected chi connectivity index (χ2v) is 18.7. The highest BCUT2D eigenvalue weighted by Gasteiger charge is 2.51. The molecule has 0 amide bonds. The Bertz CT molecular complexity index is 2660. The predicted octanol–water partition coefficient (Wildman–Crippen LogP) is 9.57. The number of benzene rings is 7. The summed E-state index contributed by atoms with van der Waals surface area (Å²) in [4.78, 5) is 2.54. The minimum Gasteiger partial charge on any atom is -0.458 e. The molecule has 3 nitrogen and oxygen atoms in total. The standard InChI is InChI=1S/C52H45B2NO2/c1-30-19-21-42-38(23-30)53-40-27-34(51(3,4)5)25-36(32-15-11-9-12-16-32)49(40)56-44-29-45-47-48(46(44)53)55(42)43-22-20-31(2)24-39(43)54(47)41-28-35(52(6,7)8)26-37(50(41)57-45)33-17-13-10-14-18-33/h9-29H,1-8H3. The third-order valence-corrected chi connectivity index (χ3v) is 12.8.